The Hall–Kier alpha value is -1.17. The third-order valence-corrected chi connectivity index (χ3v) is 5.67. The average molecular weight is 393 g/mol. The fourth-order valence-electron chi connectivity index (χ4n) is 3.66. The maximum Gasteiger partial charge on any atom is 0.284 e. The largest absolute Gasteiger partial charge is 1.00 e. The van der Waals surface area contributed by atoms with Crippen LogP contribution in [0.15, 0.2) is 47.8 Å². The van der Waals surface area contributed by atoms with Crippen molar-refractivity contribution in [2.45, 2.75) is 31.4 Å². The number of para-hydroxylation sites is 1. The maximum absolute atomic E-state index is 11.6. The van der Waals surface area contributed by atoms with Crippen molar-refractivity contribution in [1.29, 1.82) is 0 Å². The smallest absolute Gasteiger partial charge is 0.284 e. The Kier molecular flexibility index (Phi) is 4.90. The molecule has 23 heavy (non-hydrogen) atoms. The van der Waals surface area contributed by atoms with Crippen molar-refractivity contribution in [1.82, 2.24) is 0 Å². The molecule has 122 valence electrons. The van der Waals surface area contributed by atoms with Crippen LogP contribution in [0.25, 0.3) is 0 Å². The highest BCUT2D eigenvalue weighted by atomic mass is 79.9. The minimum absolute atomic E-state index is 0. The Morgan fingerprint density at radius 3 is 2.61 bits per heavy atom. The molecule has 0 radical (unpaired) electrons. The number of halogens is 1. The van der Waals surface area contributed by atoms with Crippen LogP contribution in [0.5, 0.6) is 0 Å². The maximum atomic E-state index is 11.6. The highest BCUT2D eigenvalue weighted by Gasteiger charge is 2.54. The minimum atomic E-state index is -0.942. The molecule has 2 aliphatic heterocycles. The highest BCUT2D eigenvalue weighted by Crippen LogP contribution is 2.39. The number of thiophene rings is 1. The fourth-order valence-corrected chi connectivity index (χ4v) is 4.46. The van der Waals surface area contributed by atoms with Crippen LogP contribution in [-0.2, 0) is 5.72 Å². The molecule has 0 amide bonds. The molecule has 5 heteroatoms. The first kappa shape index (κ1) is 16.7. The topological polar surface area (TPSA) is 26.5 Å². The van der Waals surface area contributed by atoms with Gasteiger partial charge in [0.2, 0.25) is 0 Å². The molecule has 1 aromatic heterocycles. The van der Waals surface area contributed by atoms with E-state index in [1.807, 2.05) is 35.7 Å². The highest BCUT2D eigenvalue weighted by molar-refractivity contribution is 7.10. The lowest BCUT2D eigenvalue weighted by Gasteiger charge is -2.27. The number of benzene rings is 1. The summed E-state index contributed by atoms with van der Waals surface area (Å²) in [5.41, 5.74) is 0.139. The van der Waals surface area contributed by atoms with Gasteiger partial charge in [-0.25, -0.2) is 0 Å². The van der Waals surface area contributed by atoms with Crippen molar-refractivity contribution in [2.24, 2.45) is 0 Å². The second-order valence-electron chi connectivity index (χ2n) is 6.11. The van der Waals surface area contributed by atoms with Gasteiger partial charge < -0.3 is 22.1 Å². The van der Waals surface area contributed by atoms with Gasteiger partial charge in [-0.05, 0) is 42.8 Å². The third kappa shape index (κ3) is 2.86. The van der Waals surface area contributed by atoms with Crippen LogP contribution in [-0.4, -0.2) is 28.6 Å². The molecule has 0 saturated heterocycles. The summed E-state index contributed by atoms with van der Waals surface area (Å²) in [6, 6.07) is 14.4. The average Bonchev–Trinajstić information content (AvgIpc) is 3.11. The van der Waals surface area contributed by atoms with E-state index in [0.29, 0.717) is 6.54 Å². The summed E-state index contributed by atoms with van der Waals surface area (Å²) in [6.07, 6.45) is 4.74. The van der Waals surface area contributed by atoms with Crippen LogP contribution in [0, 0.1) is 0 Å². The minimum Gasteiger partial charge on any atom is -1.00 e. The number of aliphatic hydroxyl groups is 1. The number of hydrogen-bond acceptors (Lipinski definition) is 3. The van der Waals surface area contributed by atoms with Crippen LogP contribution in [0.4, 0.5) is 5.69 Å². The molecule has 4 rings (SSSR count). The van der Waals surface area contributed by atoms with Gasteiger partial charge in [0, 0.05) is 6.42 Å². The van der Waals surface area contributed by atoms with Crippen molar-refractivity contribution in [2.75, 3.05) is 18.0 Å². The zero-order valence-corrected chi connectivity index (χ0v) is 15.4. The van der Waals surface area contributed by atoms with Crippen molar-refractivity contribution >= 4 is 22.9 Å². The first-order valence-electron chi connectivity index (χ1n) is 8.01. The number of hydrogen-bond donors (Lipinski definition) is 1. The Morgan fingerprint density at radius 2 is 1.87 bits per heavy atom. The van der Waals surface area contributed by atoms with Crippen LogP contribution in [0.3, 0.4) is 0 Å². The molecule has 0 bridgehead atoms. The van der Waals surface area contributed by atoms with E-state index in [-0.39, 0.29) is 17.0 Å². The molecule has 2 aliphatic rings. The van der Waals surface area contributed by atoms with Crippen molar-refractivity contribution < 1.29 is 26.7 Å². The summed E-state index contributed by atoms with van der Waals surface area (Å²) < 4.78 is 2.39. The fraction of sp³-hybridized carbons (Fsp3) is 0.389. The lowest BCUT2D eigenvalue weighted by atomic mass is 10.1. The number of anilines is 1. The number of nitrogens with zero attached hydrogens (tertiary/aromatic N) is 2. The van der Waals surface area contributed by atoms with E-state index in [2.05, 4.69) is 21.6 Å². The van der Waals surface area contributed by atoms with Crippen LogP contribution >= 0.6 is 11.3 Å². The molecule has 2 aromatic rings. The van der Waals surface area contributed by atoms with Gasteiger partial charge in [0.15, 0.2) is 6.54 Å². The van der Waals surface area contributed by atoms with Gasteiger partial charge >= 0.3 is 0 Å². The molecule has 0 aliphatic carbocycles. The van der Waals surface area contributed by atoms with E-state index >= 15 is 0 Å². The zero-order valence-electron chi connectivity index (χ0n) is 13.0. The molecule has 0 saturated carbocycles. The molecule has 0 fully saturated rings. The Bertz CT molecular complexity index is 686. The SMILES string of the molecule is OC1(c2cccs2)C[N+]2=C(CCCCC2)N1c1ccccc1.[Br-]. The molecule has 3 nitrogen and oxygen atoms in total. The van der Waals surface area contributed by atoms with E-state index in [4.69, 9.17) is 0 Å². The molecular weight excluding hydrogens is 372 g/mol. The Morgan fingerprint density at radius 1 is 1.04 bits per heavy atom. The first-order chi connectivity index (χ1) is 10.8. The Balaban J connectivity index is 0.00000156. The summed E-state index contributed by atoms with van der Waals surface area (Å²) in [6.45, 7) is 1.71. The lowest BCUT2D eigenvalue weighted by molar-refractivity contribution is -0.534. The van der Waals surface area contributed by atoms with Crippen LogP contribution in [0.1, 0.15) is 30.6 Å². The van der Waals surface area contributed by atoms with Crippen LogP contribution in [0.2, 0.25) is 0 Å². The summed E-state index contributed by atoms with van der Waals surface area (Å²) >= 11 is 1.64. The molecule has 1 N–H and O–H groups in total. The van der Waals surface area contributed by atoms with Crippen molar-refractivity contribution in [3.8, 4) is 0 Å². The van der Waals surface area contributed by atoms with Gasteiger partial charge in [-0.15, -0.1) is 11.3 Å². The second-order valence-corrected chi connectivity index (χ2v) is 7.06. The molecule has 1 unspecified atom stereocenters. The molecule has 3 heterocycles. The van der Waals surface area contributed by atoms with E-state index in [9.17, 15) is 5.11 Å². The van der Waals surface area contributed by atoms with Gasteiger partial charge in [0.1, 0.15) is 5.69 Å². The standard InChI is InChI=1S/C18H21N2OS.BrH/c21-18(16-10-7-13-22-16)14-19-12-6-2-5-11-17(19)20(18)15-8-3-1-4-9-15;/h1,3-4,7-10,13,21H,2,5-6,11-12,14H2;1H/q+1;/p-1. The zero-order chi connectivity index (χ0) is 15.0. The predicted octanol–water partition coefficient (Wildman–Crippen LogP) is 0.402. The van der Waals surface area contributed by atoms with E-state index in [0.717, 1.165) is 23.5 Å². The summed E-state index contributed by atoms with van der Waals surface area (Å²) in [5.74, 6) is 1.28. The van der Waals surface area contributed by atoms with Gasteiger partial charge in [-0.3, -0.25) is 4.58 Å². The predicted molar refractivity (Wildman–Crippen MR) is 90.6 cm³/mol. The molecule has 0 spiro atoms. The summed E-state index contributed by atoms with van der Waals surface area (Å²) in [5, 5.41) is 13.6. The number of amidine groups is 1. The van der Waals surface area contributed by atoms with Crippen molar-refractivity contribution in [3.05, 3.63) is 52.7 Å². The Labute approximate surface area is 151 Å². The molecule has 1 atom stereocenters. The van der Waals surface area contributed by atoms with Gasteiger partial charge in [0.25, 0.3) is 11.6 Å². The number of rotatable bonds is 2. The third-order valence-electron chi connectivity index (χ3n) is 4.66. The van der Waals surface area contributed by atoms with Crippen LogP contribution < -0.4 is 21.9 Å². The normalized spacial score (nSPS) is 24.1. The second kappa shape index (κ2) is 6.75. The molecular formula is C18H21BrN2OS. The van der Waals surface area contributed by atoms with Crippen molar-refractivity contribution in [3.63, 3.8) is 0 Å². The van der Waals surface area contributed by atoms with E-state index in [1.54, 1.807) is 11.3 Å². The monoisotopic (exact) mass is 392 g/mol. The molecule has 1 aromatic carbocycles. The van der Waals surface area contributed by atoms with E-state index < -0.39 is 5.72 Å². The lowest BCUT2D eigenvalue weighted by Crippen LogP contribution is -3.00. The summed E-state index contributed by atoms with van der Waals surface area (Å²) in [4.78, 5) is 3.20. The first-order valence-corrected chi connectivity index (χ1v) is 8.89. The van der Waals surface area contributed by atoms with Gasteiger partial charge in [-0.2, -0.15) is 4.90 Å². The van der Waals surface area contributed by atoms with Gasteiger partial charge in [-0.1, -0.05) is 24.3 Å². The quantitative estimate of drug-likeness (QED) is 0.748. The van der Waals surface area contributed by atoms with Gasteiger partial charge in [0.05, 0.1) is 11.4 Å². The summed E-state index contributed by atoms with van der Waals surface area (Å²) in [7, 11) is 0. The van der Waals surface area contributed by atoms with E-state index in [1.165, 1.54) is 25.1 Å².